The first-order chi connectivity index (χ1) is 9.60. The first kappa shape index (κ1) is 15.5. The maximum atomic E-state index is 12.2. The molecule has 0 spiro atoms. The highest BCUT2D eigenvalue weighted by atomic mass is 32.1. The predicted molar refractivity (Wildman–Crippen MR) is 84.8 cm³/mol. The van der Waals surface area contributed by atoms with Gasteiger partial charge in [0.05, 0.1) is 6.04 Å². The third kappa shape index (κ3) is 4.06. The largest absolute Gasteiger partial charge is 0.349 e. The summed E-state index contributed by atoms with van der Waals surface area (Å²) < 4.78 is 0. The summed E-state index contributed by atoms with van der Waals surface area (Å²) in [4.78, 5) is 13.7. The highest BCUT2D eigenvalue weighted by molar-refractivity contribution is 7.10. The van der Waals surface area contributed by atoms with Crippen LogP contribution in [-0.2, 0) is 11.2 Å². The van der Waals surface area contributed by atoms with Crippen LogP contribution in [0.1, 0.15) is 56.0 Å². The number of fused-ring (bicyclic) bond motifs is 1. The molecule has 2 atom stereocenters. The quantitative estimate of drug-likeness (QED) is 0.846. The van der Waals surface area contributed by atoms with Gasteiger partial charge in [-0.05, 0) is 61.1 Å². The van der Waals surface area contributed by atoms with E-state index in [4.69, 9.17) is 5.73 Å². The lowest BCUT2D eigenvalue weighted by Gasteiger charge is -2.25. The van der Waals surface area contributed by atoms with E-state index in [-0.39, 0.29) is 11.9 Å². The Bertz CT molecular complexity index is 441. The fourth-order valence-electron chi connectivity index (χ4n) is 3.08. The van der Waals surface area contributed by atoms with Gasteiger partial charge >= 0.3 is 0 Å². The van der Waals surface area contributed by atoms with Crippen molar-refractivity contribution in [3.8, 4) is 0 Å². The molecule has 1 aromatic rings. The minimum absolute atomic E-state index is 0.158. The van der Waals surface area contributed by atoms with Gasteiger partial charge in [-0.25, -0.2) is 0 Å². The average Bonchev–Trinajstić information content (AvgIpc) is 2.86. The van der Waals surface area contributed by atoms with E-state index in [0.29, 0.717) is 24.8 Å². The number of rotatable bonds is 6. The van der Waals surface area contributed by atoms with E-state index in [9.17, 15) is 4.79 Å². The minimum atomic E-state index is 0.158. The van der Waals surface area contributed by atoms with Crippen LogP contribution in [0, 0.1) is 11.8 Å². The van der Waals surface area contributed by atoms with Gasteiger partial charge in [0.2, 0.25) is 5.91 Å². The van der Waals surface area contributed by atoms with E-state index in [1.54, 1.807) is 0 Å². The Labute approximate surface area is 125 Å². The number of carbonyl (C=O) groups is 1. The number of carbonyl (C=O) groups excluding carboxylic acids is 1. The fourth-order valence-corrected chi connectivity index (χ4v) is 4.07. The lowest BCUT2D eigenvalue weighted by molar-refractivity contribution is -0.122. The van der Waals surface area contributed by atoms with Crippen LogP contribution < -0.4 is 11.1 Å². The Morgan fingerprint density at radius 3 is 3.05 bits per heavy atom. The topological polar surface area (TPSA) is 55.1 Å². The van der Waals surface area contributed by atoms with Crippen molar-refractivity contribution in [2.75, 3.05) is 6.54 Å². The van der Waals surface area contributed by atoms with E-state index in [2.05, 4.69) is 30.6 Å². The Balaban J connectivity index is 1.89. The van der Waals surface area contributed by atoms with Crippen LogP contribution in [0.4, 0.5) is 0 Å². The molecule has 1 amide bonds. The molecular weight excluding hydrogens is 268 g/mol. The number of hydrogen-bond acceptors (Lipinski definition) is 3. The van der Waals surface area contributed by atoms with Gasteiger partial charge in [-0.15, -0.1) is 11.3 Å². The molecule has 1 aliphatic rings. The van der Waals surface area contributed by atoms with Gasteiger partial charge in [-0.1, -0.05) is 13.8 Å². The van der Waals surface area contributed by atoms with Crippen molar-refractivity contribution in [1.82, 2.24) is 5.32 Å². The fraction of sp³-hybridized carbons (Fsp3) is 0.688. The second-order valence-electron chi connectivity index (χ2n) is 6.25. The molecular formula is C16H26N2OS. The molecule has 4 heteroatoms. The molecule has 2 unspecified atom stereocenters. The zero-order valence-electron chi connectivity index (χ0n) is 12.5. The highest BCUT2D eigenvalue weighted by Crippen LogP contribution is 2.33. The van der Waals surface area contributed by atoms with E-state index in [1.807, 2.05) is 11.3 Å². The Hall–Kier alpha value is -0.870. The van der Waals surface area contributed by atoms with E-state index >= 15 is 0 Å². The third-order valence-corrected chi connectivity index (χ3v) is 5.00. The number of aryl methyl sites for hydroxylation is 1. The average molecular weight is 294 g/mol. The summed E-state index contributed by atoms with van der Waals surface area (Å²) in [6.45, 7) is 4.96. The van der Waals surface area contributed by atoms with Crippen LogP contribution in [0.15, 0.2) is 11.4 Å². The predicted octanol–water partition coefficient (Wildman–Crippen LogP) is 3.25. The molecule has 1 aliphatic carbocycles. The van der Waals surface area contributed by atoms with Crippen molar-refractivity contribution in [1.29, 1.82) is 0 Å². The minimum Gasteiger partial charge on any atom is -0.349 e. The summed E-state index contributed by atoms with van der Waals surface area (Å²) in [6.07, 6.45) is 4.98. The van der Waals surface area contributed by atoms with Crippen LogP contribution >= 0.6 is 11.3 Å². The van der Waals surface area contributed by atoms with Crippen molar-refractivity contribution in [2.45, 2.75) is 52.0 Å². The Morgan fingerprint density at radius 1 is 1.55 bits per heavy atom. The van der Waals surface area contributed by atoms with Gasteiger partial charge in [0.1, 0.15) is 0 Å². The highest BCUT2D eigenvalue weighted by Gasteiger charge is 2.23. The lowest BCUT2D eigenvalue weighted by Crippen LogP contribution is -2.33. The SMILES string of the molecule is CC(C)CC(CN)CC(=O)NC1CCCc2sccc21. The summed E-state index contributed by atoms with van der Waals surface area (Å²) in [6, 6.07) is 2.38. The number of amides is 1. The maximum absolute atomic E-state index is 12.2. The van der Waals surface area contributed by atoms with Gasteiger partial charge in [0, 0.05) is 11.3 Å². The van der Waals surface area contributed by atoms with Gasteiger partial charge in [-0.2, -0.15) is 0 Å². The number of nitrogens with one attached hydrogen (secondary N) is 1. The Kier molecular flexibility index (Phi) is 5.61. The zero-order chi connectivity index (χ0) is 14.5. The van der Waals surface area contributed by atoms with Crippen molar-refractivity contribution in [3.63, 3.8) is 0 Å². The molecule has 20 heavy (non-hydrogen) atoms. The van der Waals surface area contributed by atoms with Crippen LogP contribution in [0.2, 0.25) is 0 Å². The molecule has 0 bridgehead atoms. The van der Waals surface area contributed by atoms with Crippen molar-refractivity contribution < 1.29 is 4.79 Å². The summed E-state index contributed by atoms with van der Waals surface area (Å²) >= 11 is 1.81. The molecule has 1 heterocycles. The van der Waals surface area contributed by atoms with E-state index < -0.39 is 0 Å². The van der Waals surface area contributed by atoms with E-state index in [1.165, 1.54) is 16.9 Å². The van der Waals surface area contributed by atoms with Crippen molar-refractivity contribution in [2.24, 2.45) is 17.6 Å². The molecule has 3 nitrogen and oxygen atoms in total. The third-order valence-electron chi connectivity index (χ3n) is 4.00. The van der Waals surface area contributed by atoms with Crippen molar-refractivity contribution >= 4 is 17.2 Å². The van der Waals surface area contributed by atoms with Gasteiger partial charge < -0.3 is 11.1 Å². The molecule has 3 N–H and O–H groups in total. The molecule has 0 aliphatic heterocycles. The normalized spacial score (nSPS) is 19.7. The molecule has 0 radical (unpaired) electrons. The van der Waals surface area contributed by atoms with Crippen LogP contribution in [0.5, 0.6) is 0 Å². The first-order valence-electron chi connectivity index (χ1n) is 7.65. The van der Waals surface area contributed by atoms with Gasteiger partial charge in [0.15, 0.2) is 0 Å². The number of nitrogens with two attached hydrogens (primary N) is 1. The lowest BCUT2D eigenvalue weighted by atomic mass is 9.92. The van der Waals surface area contributed by atoms with Crippen molar-refractivity contribution in [3.05, 3.63) is 21.9 Å². The molecule has 0 aromatic carbocycles. The molecule has 2 rings (SSSR count). The van der Waals surface area contributed by atoms with Gasteiger partial charge in [-0.3, -0.25) is 4.79 Å². The van der Waals surface area contributed by atoms with Crippen LogP contribution in [0.25, 0.3) is 0 Å². The Morgan fingerprint density at radius 2 is 2.35 bits per heavy atom. The number of hydrogen-bond donors (Lipinski definition) is 2. The second kappa shape index (κ2) is 7.23. The van der Waals surface area contributed by atoms with Crippen LogP contribution in [-0.4, -0.2) is 12.5 Å². The smallest absolute Gasteiger partial charge is 0.220 e. The van der Waals surface area contributed by atoms with E-state index in [0.717, 1.165) is 19.3 Å². The zero-order valence-corrected chi connectivity index (χ0v) is 13.3. The maximum Gasteiger partial charge on any atom is 0.220 e. The first-order valence-corrected chi connectivity index (χ1v) is 8.53. The summed E-state index contributed by atoms with van der Waals surface area (Å²) in [5.74, 6) is 1.06. The summed E-state index contributed by atoms with van der Waals surface area (Å²) in [5.41, 5.74) is 7.12. The molecule has 112 valence electrons. The molecule has 0 saturated carbocycles. The summed E-state index contributed by atoms with van der Waals surface area (Å²) in [7, 11) is 0. The standard InChI is InChI=1S/C16H26N2OS/c1-11(2)8-12(10-17)9-16(19)18-14-4-3-5-15-13(14)6-7-20-15/h6-7,11-12,14H,3-5,8-10,17H2,1-2H3,(H,18,19). The molecule has 0 fully saturated rings. The monoisotopic (exact) mass is 294 g/mol. The number of thiophene rings is 1. The van der Waals surface area contributed by atoms with Gasteiger partial charge in [0.25, 0.3) is 0 Å². The molecule has 1 aromatic heterocycles. The van der Waals surface area contributed by atoms with Crippen LogP contribution in [0.3, 0.4) is 0 Å². The second-order valence-corrected chi connectivity index (χ2v) is 7.25. The summed E-state index contributed by atoms with van der Waals surface area (Å²) in [5, 5.41) is 5.35. The molecule has 0 saturated heterocycles.